The van der Waals surface area contributed by atoms with Crippen molar-refractivity contribution in [3.63, 3.8) is 0 Å². The molecule has 1 aliphatic rings. The normalized spacial score (nSPS) is 27.8. The number of hydrogen-bond acceptors (Lipinski definition) is 3. The highest BCUT2D eigenvalue weighted by atomic mass is 32.2. The summed E-state index contributed by atoms with van der Waals surface area (Å²) >= 11 is 0. The predicted molar refractivity (Wildman–Crippen MR) is 64.0 cm³/mol. The molecular weight excluding hydrogens is 222 g/mol. The van der Waals surface area contributed by atoms with Crippen LogP contribution in [0.2, 0.25) is 0 Å². The van der Waals surface area contributed by atoms with Crippen molar-refractivity contribution in [3.05, 3.63) is 29.8 Å². The maximum atomic E-state index is 11.3. The van der Waals surface area contributed by atoms with Gasteiger partial charge in [-0.3, -0.25) is 0 Å². The summed E-state index contributed by atoms with van der Waals surface area (Å²) in [6, 6.07) is 7.24. The van der Waals surface area contributed by atoms with Crippen molar-refractivity contribution in [2.75, 3.05) is 6.26 Å². The molecule has 2 rings (SSSR count). The van der Waals surface area contributed by atoms with E-state index in [4.69, 9.17) is 5.73 Å². The molecule has 3 nitrogen and oxygen atoms in total. The van der Waals surface area contributed by atoms with Crippen molar-refractivity contribution in [1.29, 1.82) is 0 Å². The van der Waals surface area contributed by atoms with Gasteiger partial charge in [0.15, 0.2) is 9.84 Å². The van der Waals surface area contributed by atoms with Gasteiger partial charge in [0, 0.05) is 18.2 Å². The van der Waals surface area contributed by atoms with Gasteiger partial charge in [-0.05, 0) is 23.1 Å². The maximum absolute atomic E-state index is 11.3. The van der Waals surface area contributed by atoms with Crippen LogP contribution in [0.1, 0.15) is 25.3 Å². The summed E-state index contributed by atoms with van der Waals surface area (Å²) in [5.74, 6) is 0.348. The van der Waals surface area contributed by atoms with Crippen LogP contribution in [0.3, 0.4) is 0 Å². The Balaban J connectivity index is 2.29. The Labute approximate surface area is 96.6 Å². The number of hydrogen-bond donors (Lipinski definition) is 1. The summed E-state index contributed by atoms with van der Waals surface area (Å²) < 4.78 is 22.6. The molecule has 1 aromatic carbocycles. The lowest BCUT2D eigenvalue weighted by atomic mass is 10.0. The first kappa shape index (κ1) is 11.6. The largest absolute Gasteiger partial charge is 0.327 e. The average molecular weight is 239 g/mol. The third kappa shape index (κ3) is 1.76. The van der Waals surface area contributed by atoms with Gasteiger partial charge in [0.05, 0.1) is 4.90 Å². The van der Waals surface area contributed by atoms with E-state index in [0.717, 1.165) is 5.56 Å². The summed E-state index contributed by atoms with van der Waals surface area (Å²) in [5, 5.41) is 0. The second kappa shape index (κ2) is 3.31. The molecule has 1 saturated carbocycles. The van der Waals surface area contributed by atoms with Crippen LogP contribution in [-0.2, 0) is 9.84 Å². The van der Waals surface area contributed by atoms with Gasteiger partial charge in [-0.25, -0.2) is 8.42 Å². The van der Waals surface area contributed by atoms with E-state index in [2.05, 4.69) is 13.8 Å². The summed E-state index contributed by atoms with van der Waals surface area (Å²) in [6.45, 7) is 4.26. The lowest BCUT2D eigenvalue weighted by molar-refractivity contribution is 0.598. The van der Waals surface area contributed by atoms with Gasteiger partial charge < -0.3 is 5.73 Å². The first-order valence-electron chi connectivity index (χ1n) is 5.30. The number of nitrogens with two attached hydrogens (primary N) is 1. The summed E-state index contributed by atoms with van der Waals surface area (Å²) in [6.07, 6.45) is 1.22. The first-order valence-corrected chi connectivity index (χ1v) is 7.19. The van der Waals surface area contributed by atoms with Crippen molar-refractivity contribution in [2.45, 2.75) is 30.7 Å². The SMILES string of the molecule is CC1(C)[C@H](N)[C@H]1c1ccc(S(C)(=O)=O)cc1. The predicted octanol–water partition coefficient (Wildman–Crippen LogP) is 1.54. The van der Waals surface area contributed by atoms with E-state index in [1.165, 1.54) is 6.26 Å². The third-order valence-corrected chi connectivity index (χ3v) is 4.71. The molecule has 0 amide bonds. The van der Waals surface area contributed by atoms with Gasteiger partial charge in [0.25, 0.3) is 0 Å². The van der Waals surface area contributed by atoms with Crippen LogP contribution in [-0.4, -0.2) is 20.7 Å². The molecule has 1 fully saturated rings. The van der Waals surface area contributed by atoms with Gasteiger partial charge >= 0.3 is 0 Å². The molecule has 0 aromatic heterocycles. The van der Waals surface area contributed by atoms with Gasteiger partial charge in [-0.2, -0.15) is 0 Å². The van der Waals surface area contributed by atoms with Gasteiger partial charge in [-0.15, -0.1) is 0 Å². The molecular formula is C12H17NO2S. The summed E-state index contributed by atoms with van der Waals surface area (Å²) in [4.78, 5) is 0.364. The molecule has 16 heavy (non-hydrogen) atoms. The molecule has 4 heteroatoms. The smallest absolute Gasteiger partial charge is 0.175 e. The highest BCUT2D eigenvalue weighted by molar-refractivity contribution is 7.90. The highest BCUT2D eigenvalue weighted by Crippen LogP contribution is 2.57. The molecule has 0 bridgehead atoms. The van der Waals surface area contributed by atoms with Crippen LogP contribution >= 0.6 is 0 Å². The molecule has 0 saturated heterocycles. The van der Waals surface area contributed by atoms with Crippen molar-refractivity contribution in [2.24, 2.45) is 11.1 Å². The van der Waals surface area contributed by atoms with Crippen LogP contribution in [0.15, 0.2) is 29.2 Å². The lowest BCUT2D eigenvalue weighted by Crippen LogP contribution is -2.06. The van der Waals surface area contributed by atoms with Crippen LogP contribution in [0.5, 0.6) is 0 Å². The molecule has 0 unspecified atom stereocenters. The highest BCUT2D eigenvalue weighted by Gasteiger charge is 2.55. The molecule has 0 aliphatic heterocycles. The van der Waals surface area contributed by atoms with E-state index < -0.39 is 9.84 Å². The van der Waals surface area contributed by atoms with Crippen molar-refractivity contribution < 1.29 is 8.42 Å². The lowest BCUT2D eigenvalue weighted by Gasteiger charge is -2.04. The Hall–Kier alpha value is -0.870. The molecule has 2 atom stereocenters. The Morgan fingerprint density at radius 3 is 1.94 bits per heavy atom. The summed E-state index contributed by atoms with van der Waals surface area (Å²) in [5.41, 5.74) is 7.24. The minimum Gasteiger partial charge on any atom is -0.327 e. The number of rotatable bonds is 2. The topological polar surface area (TPSA) is 60.2 Å². The second-order valence-electron chi connectivity index (χ2n) is 5.17. The van der Waals surface area contributed by atoms with Crippen molar-refractivity contribution >= 4 is 9.84 Å². The van der Waals surface area contributed by atoms with Gasteiger partial charge in [0.2, 0.25) is 0 Å². The molecule has 1 aliphatic carbocycles. The Bertz CT molecular complexity index is 502. The fourth-order valence-electron chi connectivity index (χ4n) is 2.24. The maximum Gasteiger partial charge on any atom is 0.175 e. The van der Waals surface area contributed by atoms with Crippen LogP contribution in [0.4, 0.5) is 0 Å². The third-order valence-electron chi connectivity index (χ3n) is 3.58. The monoisotopic (exact) mass is 239 g/mol. The second-order valence-corrected chi connectivity index (χ2v) is 7.18. The van der Waals surface area contributed by atoms with Crippen LogP contribution in [0, 0.1) is 5.41 Å². The summed E-state index contributed by atoms with van der Waals surface area (Å²) in [7, 11) is -3.10. The van der Waals surface area contributed by atoms with E-state index in [0.29, 0.717) is 10.8 Å². The van der Waals surface area contributed by atoms with Crippen molar-refractivity contribution in [1.82, 2.24) is 0 Å². The number of sulfone groups is 1. The Morgan fingerprint density at radius 2 is 1.62 bits per heavy atom. The minimum absolute atomic E-state index is 0.132. The fourth-order valence-corrected chi connectivity index (χ4v) is 2.87. The zero-order valence-electron chi connectivity index (χ0n) is 9.77. The van der Waals surface area contributed by atoms with E-state index in [1.54, 1.807) is 12.1 Å². The zero-order chi connectivity index (χ0) is 12.1. The Kier molecular flexibility index (Phi) is 2.40. The van der Waals surface area contributed by atoms with Crippen molar-refractivity contribution in [3.8, 4) is 0 Å². The molecule has 0 radical (unpaired) electrons. The standard InChI is InChI=1S/C12H17NO2S/c1-12(2)10(11(12)13)8-4-6-9(7-5-8)16(3,14)15/h4-7,10-11H,13H2,1-3H3/t10-,11-/m1/s1. The molecule has 2 N–H and O–H groups in total. The molecule has 0 heterocycles. The quantitative estimate of drug-likeness (QED) is 0.851. The van der Waals surface area contributed by atoms with Gasteiger partial charge in [0.1, 0.15) is 0 Å². The van der Waals surface area contributed by atoms with Crippen LogP contribution < -0.4 is 5.73 Å². The van der Waals surface area contributed by atoms with E-state index in [9.17, 15) is 8.42 Å². The zero-order valence-corrected chi connectivity index (χ0v) is 10.6. The fraction of sp³-hybridized carbons (Fsp3) is 0.500. The average Bonchev–Trinajstić information content (AvgIpc) is 2.65. The molecule has 1 aromatic rings. The molecule has 88 valence electrons. The minimum atomic E-state index is -3.10. The van der Waals surface area contributed by atoms with Crippen LogP contribution in [0.25, 0.3) is 0 Å². The van der Waals surface area contributed by atoms with E-state index in [1.807, 2.05) is 12.1 Å². The van der Waals surface area contributed by atoms with Gasteiger partial charge in [-0.1, -0.05) is 26.0 Å². The Morgan fingerprint density at radius 1 is 1.19 bits per heavy atom. The van der Waals surface area contributed by atoms with E-state index in [-0.39, 0.29) is 11.5 Å². The first-order chi connectivity index (χ1) is 7.24. The molecule has 0 spiro atoms. The van der Waals surface area contributed by atoms with E-state index >= 15 is 0 Å². The number of benzene rings is 1.